The second-order valence-electron chi connectivity index (χ2n) is 7.55. The lowest BCUT2D eigenvalue weighted by Gasteiger charge is -2.31. The molecule has 10 heteroatoms. The molecular formula is C23H24FN5O3S. The number of hydrogen-bond donors (Lipinski definition) is 2. The smallest absolute Gasteiger partial charge is 0.321 e. The third-order valence-electron chi connectivity index (χ3n) is 5.22. The van der Waals surface area contributed by atoms with E-state index >= 15 is 0 Å². The summed E-state index contributed by atoms with van der Waals surface area (Å²) in [6.45, 7) is 3.52. The first kappa shape index (κ1) is 22.7. The normalized spacial score (nSPS) is 15.7. The van der Waals surface area contributed by atoms with Crippen LogP contribution in [0.3, 0.4) is 0 Å². The van der Waals surface area contributed by atoms with Gasteiger partial charge in [-0.05, 0) is 56.2 Å². The molecule has 0 saturated carbocycles. The summed E-state index contributed by atoms with van der Waals surface area (Å²) >= 11 is 1.21. The Balaban J connectivity index is 1.38. The van der Waals surface area contributed by atoms with Crippen molar-refractivity contribution in [3.8, 4) is 5.75 Å². The highest BCUT2D eigenvalue weighted by Gasteiger charge is 2.28. The Labute approximate surface area is 194 Å². The van der Waals surface area contributed by atoms with Gasteiger partial charge in [-0.1, -0.05) is 23.5 Å². The Morgan fingerprint density at radius 1 is 1.15 bits per heavy atom. The Hall–Kier alpha value is -3.53. The predicted octanol–water partition coefficient (Wildman–Crippen LogP) is 4.74. The molecule has 172 valence electrons. The van der Waals surface area contributed by atoms with E-state index in [1.54, 1.807) is 11.0 Å². The molecule has 2 aromatic carbocycles. The van der Waals surface area contributed by atoms with Crippen LogP contribution in [0.4, 0.5) is 20.6 Å². The molecule has 1 aliphatic heterocycles. The van der Waals surface area contributed by atoms with Gasteiger partial charge in [0.2, 0.25) is 5.01 Å². The number of hydrogen-bond acceptors (Lipinski definition) is 6. The highest BCUT2D eigenvalue weighted by Crippen LogP contribution is 2.30. The number of rotatable bonds is 6. The number of aromatic nitrogens is 2. The fourth-order valence-corrected chi connectivity index (χ4v) is 4.48. The van der Waals surface area contributed by atoms with Crippen LogP contribution < -0.4 is 15.4 Å². The van der Waals surface area contributed by atoms with Crippen molar-refractivity contribution in [2.45, 2.75) is 25.7 Å². The monoisotopic (exact) mass is 469 g/mol. The molecule has 0 radical (unpaired) electrons. The van der Waals surface area contributed by atoms with E-state index in [9.17, 15) is 14.0 Å². The molecule has 0 unspecified atom stereocenters. The van der Waals surface area contributed by atoms with Gasteiger partial charge < -0.3 is 20.3 Å². The molecule has 4 rings (SSSR count). The number of para-hydroxylation sites is 2. The molecule has 1 atom stereocenters. The molecule has 33 heavy (non-hydrogen) atoms. The fraction of sp³-hybridized carbons (Fsp3) is 0.304. The van der Waals surface area contributed by atoms with Crippen LogP contribution >= 0.6 is 11.3 Å². The summed E-state index contributed by atoms with van der Waals surface area (Å²) in [4.78, 5) is 27.1. The number of nitrogens with one attached hydrogen (secondary N) is 2. The Kier molecular flexibility index (Phi) is 7.13. The number of anilines is 2. The molecule has 3 aromatic rings. The van der Waals surface area contributed by atoms with Crippen molar-refractivity contribution in [1.29, 1.82) is 0 Å². The number of piperidine rings is 1. The third-order valence-corrected chi connectivity index (χ3v) is 6.31. The number of nitrogens with zero attached hydrogens (tertiary/aromatic N) is 3. The summed E-state index contributed by atoms with van der Waals surface area (Å²) in [7, 11) is 0. The van der Waals surface area contributed by atoms with Crippen molar-refractivity contribution in [3.05, 3.63) is 64.4 Å². The second-order valence-corrected chi connectivity index (χ2v) is 8.56. The number of carbonyl (C=O) groups is 2. The van der Waals surface area contributed by atoms with Crippen molar-refractivity contribution in [1.82, 2.24) is 15.1 Å². The number of amides is 3. The fourth-order valence-electron chi connectivity index (χ4n) is 3.62. The number of likely N-dealkylation sites (tertiary alicyclic amines) is 1. The van der Waals surface area contributed by atoms with Crippen LogP contribution in [-0.4, -0.2) is 46.7 Å². The first-order chi connectivity index (χ1) is 16.0. The minimum atomic E-state index is -0.400. The first-order valence-electron chi connectivity index (χ1n) is 10.7. The van der Waals surface area contributed by atoms with Gasteiger partial charge in [-0.2, -0.15) is 0 Å². The number of carbonyl (C=O) groups excluding carboxylic acids is 2. The van der Waals surface area contributed by atoms with E-state index in [1.165, 1.54) is 35.6 Å². The van der Waals surface area contributed by atoms with Crippen molar-refractivity contribution < 1.29 is 18.7 Å². The summed E-state index contributed by atoms with van der Waals surface area (Å²) in [5, 5.41) is 14.8. The lowest BCUT2D eigenvalue weighted by atomic mass is 9.99. The third kappa shape index (κ3) is 5.64. The average Bonchev–Trinajstić information content (AvgIpc) is 3.33. The van der Waals surface area contributed by atoms with E-state index in [4.69, 9.17) is 4.74 Å². The molecule has 0 spiro atoms. The highest BCUT2D eigenvalue weighted by atomic mass is 32.1. The van der Waals surface area contributed by atoms with Crippen molar-refractivity contribution in [2.24, 2.45) is 0 Å². The molecule has 8 nitrogen and oxygen atoms in total. The molecule has 0 bridgehead atoms. The van der Waals surface area contributed by atoms with Crippen molar-refractivity contribution in [2.75, 3.05) is 30.3 Å². The quantitative estimate of drug-likeness (QED) is 0.544. The topological polar surface area (TPSA) is 96.4 Å². The summed E-state index contributed by atoms with van der Waals surface area (Å²) in [5.41, 5.74) is 1.10. The van der Waals surface area contributed by atoms with E-state index in [0.717, 1.165) is 12.8 Å². The van der Waals surface area contributed by atoms with Crippen LogP contribution in [0.15, 0.2) is 48.5 Å². The van der Waals surface area contributed by atoms with Gasteiger partial charge in [-0.3, -0.25) is 4.79 Å². The summed E-state index contributed by atoms with van der Waals surface area (Å²) in [6.07, 6.45) is 1.68. The molecular weight excluding hydrogens is 445 g/mol. The summed E-state index contributed by atoms with van der Waals surface area (Å²) in [6, 6.07) is 12.6. The van der Waals surface area contributed by atoms with E-state index in [1.807, 2.05) is 25.1 Å². The van der Waals surface area contributed by atoms with Crippen molar-refractivity contribution in [3.63, 3.8) is 0 Å². The van der Waals surface area contributed by atoms with Crippen LogP contribution in [0.5, 0.6) is 5.75 Å². The molecule has 0 aliphatic carbocycles. The maximum absolute atomic E-state index is 13.0. The van der Waals surface area contributed by atoms with Crippen LogP contribution in [0.25, 0.3) is 0 Å². The van der Waals surface area contributed by atoms with Gasteiger partial charge in [-0.15, -0.1) is 10.2 Å². The maximum atomic E-state index is 13.0. The SMILES string of the molecule is CCOc1ccccc1NC(=O)N1CCC[C@H](c2nnc(C(=O)Nc3ccc(F)cc3)s2)C1. The summed E-state index contributed by atoms with van der Waals surface area (Å²) in [5.74, 6) is -0.152. The minimum absolute atomic E-state index is 0.00323. The molecule has 1 aromatic heterocycles. The zero-order chi connectivity index (χ0) is 23.2. The molecule has 1 fully saturated rings. The number of benzene rings is 2. The molecule has 1 aliphatic rings. The maximum Gasteiger partial charge on any atom is 0.321 e. The average molecular weight is 470 g/mol. The first-order valence-corrected chi connectivity index (χ1v) is 11.5. The molecule has 2 N–H and O–H groups in total. The van der Waals surface area contributed by atoms with Crippen LogP contribution in [0, 0.1) is 5.82 Å². The van der Waals surface area contributed by atoms with E-state index in [0.29, 0.717) is 41.8 Å². The zero-order valence-electron chi connectivity index (χ0n) is 18.1. The molecule has 1 saturated heterocycles. The van der Waals surface area contributed by atoms with Crippen LogP contribution in [0.1, 0.15) is 40.5 Å². The van der Waals surface area contributed by atoms with E-state index < -0.39 is 5.91 Å². The van der Waals surface area contributed by atoms with Gasteiger partial charge >= 0.3 is 6.03 Å². The number of urea groups is 1. The van der Waals surface area contributed by atoms with E-state index in [2.05, 4.69) is 20.8 Å². The Morgan fingerprint density at radius 3 is 2.73 bits per heavy atom. The second kappa shape index (κ2) is 10.4. The predicted molar refractivity (Wildman–Crippen MR) is 124 cm³/mol. The van der Waals surface area contributed by atoms with Gasteiger partial charge in [0.25, 0.3) is 5.91 Å². The van der Waals surface area contributed by atoms with Gasteiger partial charge in [0.15, 0.2) is 0 Å². The van der Waals surface area contributed by atoms with Gasteiger partial charge in [0.05, 0.1) is 12.3 Å². The largest absolute Gasteiger partial charge is 0.492 e. The van der Waals surface area contributed by atoms with Crippen LogP contribution in [0.2, 0.25) is 0 Å². The lowest BCUT2D eigenvalue weighted by Crippen LogP contribution is -2.41. The number of halogens is 1. The van der Waals surface area contributed by atoms with Gasteiger partial charge in [0.1, 0.15) is 16.6 Å². The van der Waals surface area contributed by atoms with E-state index in [-0.39, 0.29) is 22.8 Å². The van der Waals surface area contributed by atoms with Gasteiger partial charge in [0, 0.05) is 24.7 Å². The highest BCUT2D eigenvalue weighted by molar-refractivity contribution is 7.13. The Bertz CT molecular complexity index is 1120. The standard InChI is InChI=1S/C23H24FN5O3S/c1-2-32-19-8-4-3-7-18(19)26-23(31)29-13-5-6-15(14-29)21-27-28-22(33-21)20(30)25-17-11-9-16(24)10-12-17/h3-4,7-12,15H,2,5-6,13-14H2,1H3,(H,25,30)(H,26,31)/t15-/m0/s1. The zero-order valence-corrected chi connectivity index (χ0v) is 18.9. The molecule has 2 heterocycles. The number of ether oxygens (including phenoxy) is 1. The molecule has 3 amide bonds. The minimum Gasteiger partial charge on any atom is -0.492 e. The Morgan fingerprint density at radius 2 is 1.94 bits per heavy atom. The lowest BCUT2D eigenvalue weighted by molar-refractivity contribution is 0.102. The van der Waals surface area contributed by atoms with Crippen LogP contribution in [-0.2, 0) is 0 Å². The van der Waals surface area contributed by atoms with Gasteiger partial charge in [-0.25, -0.2) is 9.18 Å². The van der Waals surface area contributed by atoms with Crippen molar-refractivity contribution >= 4 is 34.6 Å². The summed E-state index contributed by atoms with van der Waals surface area (Å²) < 4.78 is 18.6.